The SMILES string of the molecule is Cc1cccc(C)c1-n1nnnc1SCC(=O)Nc1ccnn1Cc1ccc2c(c1)CCO2. The Bertz CT molecular complexity index is 1290. The lowest BCUT2D eigenvalue weighted by atomic mass is 10.1. The molecule has 0 unspecified atom stereocenters. The third-order valence-corrected chi connectivity index (χ3v) is 6.41. The quantitative estimate of drug-likeness (QED) is 0.422. The lowest BCUT2D eigenvalue weighted by Crippen LogP contribution is -2.18. The van der Waals surface area contributed by atoms with Crippen molar-refractivity contribution >= 4 is 23.5 Å². The summed E-state index contributed by atoms with van der Waals surface area (Å²) in [5.41, 5.74) is 5.39. The van der Waals surface area contributed by atoms with E-state index in [0.717, 1.165) is 41.2 Å². The van der Waals surface area contributed by atoms with Gasteiger partial charge in [-0.15, -0.1) is 5.10 Å². The molecule has 33 heavy (non-hydrogen) atoms. The van der Waals surface area contributed by atoms with Gasteiger partial charge in [0.25, 0.3) is 0 Å². The first-order valence-electron chi connectivity index (χ1n) is 10.6. The van der Waals surface area contributed by atoms with Gasteiger partial charge < -0.3 is 10.1 Å². The Hall–Kier alpha value is -3.66. The fraction of sp³-hybridized carbons (Fsp3) is 0.261. The van der Waals surface area contributed by atoms with E-state index in [9.17, 15) is 4.79 Å². The van der Waals surface area contributed by atoms with Crippen molar-refractivity contribution in [3.63, 3.8) is 0 Å². The maximum Gasteiger partial charge on any atom is 0.235 e. The average Bonchev–Trinajstić information content (AvgIpc) is 3.54. The molecule has 0 aliphatic carbocycles. The van der Waals surface area contributed by atoms with Crippen LogP contribution in [-0.2, 0) is 17.8 Å². The molecule has 2 aromatic carbocycles. The molecule has 4 aromatic rings. The van der Waals surface area contributed by atoms with E-state index in [1.807, 2.05) is 44.2 Å². The number of nitrogens with zero attached hydrogens (tertiary/aromatic N) is 6. The number of rotatable bonds is 7. The van der Waals surface area contributed by atoms with Crippen molar-refractivity contribution in [2.75, 3.05) is 17.7 Å². The molecule has 5 rings (SSSR count). The molecule has 0 fully saturated rings. The number of benzene rings is 2. The van der Waals surface area contributed by atoms with Crippen LogP contribution in [0.1, 0.15) is 22.3 Å². The fourth-order valence-electron chi connectivity index (χ4n) is 3.93. The number of anilines is 1. The normalized spacial score (nSPS) is 12.4. The van der Waals surface area contributed by atoms with Crippen molar-refractivity contribution in [1.29, 1.82) is 0 Å². The van der Waals surface area contributed by atoms with Crippen LogP contribution in [0.5, 0.6) is 5.75 Å². The van der Waals surface area contributed by atoms with Crippen molar-refractivity contribution in [3.8, 4) is 11.4 Å². The minimum absolute atomic E-state index is 0.153. The maximum atomic E-state index is 12.7. The smallest absolute Gasteiger partial charge is 0.235 e. The molecule has 0 saturated carbocycles. The highest BCUT2D eigenvalue weighted by Gasteiger charge is 2.16. The van der Waals surface area contributed by atoms with E-state index in [-0.39, 0.29) is 11.7 Å². The zero-order valence-electron chi connectivity index (χ0n) is 18.4. The number of nitrogens with one attached hydrogen (secondary N) is 1. The first kappa shape index (κ1) is 21.2. The molecule has 1 aliphatic rings. The lowest BCUT2D eigenvalue weighted by molar-refractivity contribution is -0.113. The number of thioether (sulfide) groups is 1. The van der Waals surface area contributed by atoms with Gasteiger partial charge in [0, 0.05) is 12.5 Å². The summed E-state index contributed by atoms with van der Waals surface area (Å²) in [5.74, 6) is 1.62. The van der Waals surface area contributed by atoms with Crippen molar-refractivity contribution in [1.82, 2.24) is 30.0 Å². The Morgan fingerprint density at radius 3 is 2.88 bits per heavy atom. The molecule has 9 nitrogen and oxygen atoms in total. The number of carbonyl (C=O) groups is 1. The summed E-state index contributed by atoms with van der Waals surface area (Å²) in [5, 5.41) is 19.9. The summed E-state index contributed by atoms with van der Waals surface area (Å²) in [4.78, 5) is 12.7. The van der Waals surface area contributed by atoms with Gasteiger partial charge >= 0.3 is 0 Å². The second-order valence-electron chi connectivity index (χ2n) is 7.87. The van der Waals surface area contributed by atoms with Crippen LogP contribution in [0.3, 0.4) is 0 Å². The predicted octanol–water partition coefficient (Wildman–Crippen LogP) is 3.19. The summed E-state index contributed by atoms with van der Waals surface area (Å²) in [6.07, 6.45) is 2.60. The monoisotopic (exact) mass is 461 g/mol. The van der Waals surface area contributed by atoms with Crippen molar-refractivity contribution in [2.24, 2.45) is 0 Å². The van der Waals surface area contributed by atoms with Crippen molar-refractivity contribution in [2.45, 2.75) is 32.0 Å². The third-order valence-electron chi connectivity index (χ3n) is 5.49. The first-order valence-corrected chi connectivity index (χ1v) is 11.6. The average molecular weight is 462 g/mol. The van der Waals surface area contributed by atoms with E-state index in [1.165, 1.54) is 17.3 Å². The van der Waals surface area contributed by atoms with Gasteiger partial charge in [0.2, 0.25) is 11.1 Å². The van der Waals surface area contributed by atoms with Crippen LogP contribution >= 0.6 is 11.8 Å². The highest BCUT2D eigenvalue weighted by atomic mass is 32.2. The Morgan fingerprint density at radius 1 is 1.18 bits per heavy atom. The van der Waals surface area contributed by atoms with Crippen molar-refractivity contribution < 1.29 is 9.53 Å². The summed E-state index contributed by atoms with van der Waals surface area (Å²) >= 11 is 1.29. The van der Waals surface area contributed by atoms with Gasteiger partial charge in [-0.3, -0.25) is 4.79 Å². The maximum absolute atomic E-state index is 12.7. The minimum atomic E-state index is -0.153. The number of ether oxygens (including phenoxy) is 1. The Labute approximate surface area is 195 Å². The first-order chi connectivity index (χ1) is 16.1. The molecule has 3 heterocycles. The molecule has 0 bridgehead atoms. The minimum Gasteiger partial charge on any atom is -0.493 e. The molecule has 0 saturated heterocycles. The molecule has 1 N–H and O–H groups in total. The van der Waals surface area contributed by atoms with Crippen LogP contribution in [0.25, 0.3) is 5.69 Å². The van der Waals surface area contributed by atoms with E-state index >= 15 is 0 Å². The molecule has 1 amide bonds. The van der Waals surface area contributed by atoms with Crippen LogP contribution in [0.4, 0.5) is 5.82 Å². The summed E-state index contributed by atoms with van der Waals surface area (Å²) in [6, 6.07) is 14.0. The highest BCUT2D eigenvalue weighted by Crippen LogP contribution is 2.27. The van der Waals surface area contributed by atoms with E-state index in [4.69, 9.17) is 4.74 Å². The van der Waals surface area contributed by atoms with Crippen LogP contribution in [0.15, 0.2) is 53.8 Å². The number of tetrazole rings is 1. The summed E-state index contributed by atoms with van der Waals surface area (Å²) in [6.45, 7) is 5.32. The molecule has 0 spiro atoms. The number of hydrogen-bond acceptors (Lipinski definition) is 7. The predicted molar refractivity (Wildman–Crippen MR) is 125 cm³/mol. The third kappa shape index (κ3) is 4.47. The molecule has 0 radical (unpaired) electrons. The zero-order chi connectivity index (χ0) is 22.8. The van der Waals surface area contributed by atoms with Gasteiger partial charge in [-0.1, -0.05) is 42.1 Å². The number of fused-ring (bicyclic) bond motifs is 1. The van der Waals surface area contributed by atoms with E-state index in [0.29, 0.717) is 17.5 Å². The standard InChI is InChI=1S/C23H23N7O2S/c1-15-4-3-5-16(2)22(15)30-23(26-27-28-30)33-14-21(31)25-20-8-10-24-29(20)13-17-6-7-19-18(12-17)9-11-32-19/h3-8,10,12H,9,11,13-14H2,1-2H3,(H,25,31). The van der Waals surface area contributed by atoms with E-state index in [2.05, 4.69) is 32.0 Å². The molecule has 168 valence electrons. The molecular formula is C23H23N7O2S. The number of carbonyl (C=O) groups excluding carboxylic acids is 1. The number of aromatic nitrogens is 6. The van der Waals surface area contributed by atoms with Gasteiger partial charge in [0.1, 0.15) is 11.6 Å². The number of amides is 1. The van der Waals surface area contributed by atoms with Gasteiger partial charge in [-0.05, 0) is 52.6 Å². The number of para-hydroxylation sites is 1. The summed E-state index contributed by atoms with van der Waals surface area (Å²) in [7, 11) is 0. The lowest BCUT2D eigenvalue weighted by Gasteiger charge is -2.11. The largest absolute Gasteiger partial charge is 0.493 e. The molecule has 10 heteroatoms. The van der Waals surface area contributed by atoms with Gasteiger partial charge in [-0.2, -0.15) is 9.78 Å². The topological polar surface area (TPSA) is 99.8 Å². The van der Waals surface area contributed by atoms with Crippen molar-refractivity contribution in [3.05, 3.63) is 70.9 Å². The Morgan fingerprint density at radius 2 is 2.03 bits per heavy atom. The zero-order valence-corrected chi connectivity index (χ0v) is 19.2. The van der Waals surface area contributed by atoms with Gasteiger partial charge in [0.05, 0.1) is 30.8 Å². The second kappa shape index (κ2) is 9.07. The Balaban J connectivity index is 1.24. The molecule has 2 aromatic heterocycles. The summed E-state index contributed by atoms with van der Waals surface area (Å²) < 4.78 is 9.04. The number of aryl methyl sites for hydroxylation is 2. The van der Waals surface area contributed by atoms with Gasteiger partial charge in [-0.25, -0.2) is 4.68 Å². The van der Waals surface area contributed by atoms with Crippen LogP contribution in [0.2, 0.25) is 0 Å². The van der Waals surface area contributed by atoms with E-state index < -0.39 is 0 Å². The molecule has 0 atom stereocenters. The van der Waals surface area contributed by atoms with E-state index in [1.54, 1.807) is 21.6 Å². The Kier molecular flexibility index (Phi) is 5.82. The van der Waals surface area contributed by atoms with Crippen LogP contribution in [0, 0.1) is 13.8 Å². The van der Waals surface area contributed by atoms with Crippen LogP contribution < -0.4 is 10.1 Å². The molecular weight excluding hydrogens is 438 g/mol. The number of hydrogen-bond donors (Lipinski definition) is 1. The van der Waals surface area contributed by atoms with Gasteiger partial charge in [0.15, 0.2) is 0 Å². The second-order valence-corrected chi connectivity index (χ2v) is 8.81. The molecule has 1 aliphatic heterocycles. The fourth-order valence-corrected chi connectivity index (χ4v) is 4.61. The highest BCUT2D eigenvalue weighted by molar-refractivity contribution is 7.99. The van der Waals surface area contributed by atoms with Crippen LogP contribution in [-0.4, -0.2) is 48.3 Å².